The van der Waals surface area contributed by atoms with Crippen LogP contribution in [0.1, 0.15) is 18.9 Å². The van der Waals surface area contributed by atoms with Crippen LogP contribution in [0, 0.1) is 0 Å². The van der Waals surface area contributed by atoms with Crippen LogP contribution in [0.4, 0.5) is 18.9 Å². The summed E-state index contributed by atoms with van der Waals surface area (Å²) < 4.78 is 37.8. The highest BCUT2D eigenvalue weighted by atomic mass is 79.9. The van der Waals surface area contributed by atoms with Gasteiger partial charge in [0.05, 0.1) is 11.7 Å². The highest BCUT2D eigenvalue weighted by molar-refractivity contribution is 9.10. The second kappa shape index (κ2) is 5.73. The minimum atomic E-state index is -4.37. The fourth-order valence-electron chi connectivity index (χ4n) is 1.28. The maximum atomic E-state index is 12.6. The number of hydrogen-bond donors (Lipinski definition) is 2. The maximum absolute atomic E-state index is 12.6. The van der Waals surface area contributed by atoms with Crippen molar-refractivity contribution >= 4 is 21.6 Å². The van der Waals surface area contributed by atoms with E-state index in [1.54, 1.807) is 13.0 Å². The van der Waals surface area contributed by atoms with E-state index >= 15 is 0 Å². The van der Waals surface area contributed by atoms with Crippen molar-refractivity contribution in [1.82, 2.24) is 0 Å². The van der Waals surface area contributed by atoms with Gasteiger partial charge < -0.3 is 10.4 Å². The number of hydrogen-bond acceptors (Lipinski definition) is 2. The molecule has 1 aromatic rings. The average Bonchev–Trinajstić information content (AvgIpc) is 2.18. The normalized spacial score (nSPS) is 13.5. The number of nitrogens with one attached hydrogen (secondary N) is 1. The molecule has 17 heavy (non-hydrogen) atoms. The van der Waals surface area contributed by atoms with Gasteiger partial charge in [0.15, 0.2) is 0 Å². The average molecular weight is 312 g/mol. The highest BCUT2D eigenvalue weighted by Gasteiger charge is 2.33. The molecule has 0 radical (unpaired) electrons. The molecule has 96 valence electrons. The van der Waals surface area contributed by atoms with Crippen LogP contribution in [0.25, 0.3) is 0 Å². The topological polar surface area (TPSA) is 32.3 Å². The summed E-state index contributed by atoms with van der Waals surface area (Å²) in [6, 6.07) is 3.96. The first-order valence-corrected chi connectivity index (χ1v) is 5.88. The van der Waals surface area contributed by atoms with Gasteiger partial charge in [0, 0.05) is 16.7 Å². The van der Waals surface area contributed by atoms with Gasteiger partial charge in [0.25, 0.3) is 0 Å². The molecule has 0 saturated heterocycles. The van der Waals surface area contributed by atoms with Crippen LogP contribution in [0.3, 0.4) is 0 Å². The van der Waals surface area contributed by atoms with Crippen molar-refractivity contribution in [2.75, 3.05) is 11.9 Å². The minimum Gasteiger partial charge on any atom is -0.393 e. The molecule has 2 N–H and O–H groups in total. The summed E-state index contributed by atoms with van der Waals surface area (Å²) in [6.45, 7) is 2.06. The molecule has 0 amide bonds. The van der Waals surface area contributed by atoms with Crippen molar-refractivity contribution in [3.8, 4) is 0 Å². The number of alkyl halides is 3. The Morgan fingerprint density at radius 3 is 2.59 bits per heavy atom. The quantitative estimate of drug-likeness (QED) is 0.889. The van der Waals surface area contributed by atoms with Gasteiger partial charge in [-0.1, -0.05) is 15.9 Å². The van der Waals surface area contributed by atoms with E-state index in [-0.39, 0.29) is 4.47 Å². The first-order chi connectivity index (χ1) is 7.80. The molecule has 6 heteroatoms. The molecule has 1 atom stereocenters. The van der Waals surface area contributed by atoms with E-state index in [9.17, 15) is 13.2 Å². The third kappa shape index (κ3) is 4.55. The molecule has 1 rings (SSSR count). The summed E-state index contributed by atoms with van der Waals surface area (Å²) in [7, 11) is 0. The van der Waals surface area contributed by atoms with Gasteiger partial charge in [-0.3, -0.25) is 0 Å². The molecule has 2 nitrogen and oxygen atoms in total. The molecule has 1 aromatic carbocycles. The van der Waals surface area contributed by atoms with Crippen LogP contribution in [-0.2, 0) is 6.18 Å². The standard InChI is InChI=1S/C11H13BrF3NO/c1-7(17)4-5-16-8-2-3-10(12)9(6-8)11(13,14)15/h2-3,6-7,16-17H,4-5H2,1H3. The van der Waals surface area contributed by atoms with E-state index in [0.717, 1.165) is 6.07 Å². The number of halogens is 4. The summed E-state index contributed by atoms with van der Waals surface area (Å²) in [5.74, 6) is 0. The summed E-state index contributed by atoms with van der Waals surface area (Å²) in [4.78, 5) is 0. The SMILES string of the molecule is CC(O)CCNc1ccc(Br)c(C(F)(F)F)c1. The Bertz CT molecular complexity index is 379. The number of rotatable bonds is 4. The molecule has 0 fully saturated rings. The molecule has 0 aliphatic carbocycles. The first kappa shape index (κ1) is 14.3. The lowest BCUT2D eigenvalue weighted by atomic mass is 10.2. The van der Waals surface area contributed by atoms with Gasteiger partial charge in [-0.2, -0.15) is 13.2 Å². The van der Waals surface area contributed by atoms with E-state index in [2.05, 4.69) is 21.2 Å². The third-order valence-electron chi connectivity index (χ3n) is 2.16. The van der Waals surface area contributed by atoms with Gasteiger partial charge in [-0.05, 0) is 31.5 Å². The second-order valence-electron chi connectivity index (χ2n) is 3.76. The van der Waals surface area contributed by atoms with Crippen molar-refractivity contribution < 1.29 is 18.3 Å². The van der Waals surface area contributed by atoms with Gasteiger partial charge in [-0.25, -0.2) is 0 Å². The smallest absolute Gasteiger partial charge is 0.393 e. The molecule has 0 bridgehead atoms. The van der Waals surface area contributed by atoms with Crippen molar-refractivity contribution in [1.29, 1.82) is 0 Å². The lowest BCUT2D eigenvalue weighted by Crippen LogP contribution is -2.11. The van der Waals surface area contributed by atoms with Gasteiger partial charge >= 0.3 is 6.18 Å². The monoisotopic (exact) mass is 311 g/mol. The molecule has 0 heterocycles. The molecule has 0 aliphatic heterocycles. The molecular formula is C11H13BrF3NO. The van der Waals surface area contributed by atoms with Crippen LogP contribution < -0.4 is 5.32 Å². The fraction of sp³-hybridized carbons (Fsp3) is 0.455. The Hall–Kier alpha value is -0.750. The third-order valence-corrected chi connectivity index (χ3v) is 2.85. The van der Waals surface area contributed by atoms with Crippen molar-refractivity contribution in [2.45, 2.75) is 25.6 Å². The lowest BCUT2D eigenvalue weighted by molar-refractivity contribution is -0.138. The second-order valence-corrected chi connectivity index (χ2v) is 4.61. The van der Waals surface area contributed by atoms with E-state index in [1.165, 1.54) is 6.07 Å². The molecule has 1 unspecified atom stereocenters. The van der Waals surface area contributed by atoms with E-state index in [0.29, 0.717) is 18.7 Å². The van der Waals surface area contributed by atoms with Crippen LogP contribution in [0.5, 0.6) is 0 Å². The van der Waals surface area contributed by atoms with Gasteiger partial charge in [0.2, 0.25) is 0 Å². The minimum absolute atomic E-state index is 0.0195. The zero-order chi connectivity index (χ0) is 13.1. The Labute approximate surface area is 106 Å². The first-order valence-electron chi connectivity index (χ1n) is 5.09. The number of anilines is 1. The number of aliphatic hydroxyl groups excluding tert-OH is 1. The number of aliphatic hydroxyl groups is 1. The van der Waals surface area contributed by atoms with Crippen LogP contribution >= 0.6 is 15.9 Å². The maximum Gasteiger partial charge on any atom is 0.417 e. The number of benzene rings is 1. The van der Waals surface area contributed by atoms with Crippen molar-refractivity contribution in [2.24, 2.45) is 0 Å². The molecule has 0 spiro atoms. The zero-order valence-corrected chi connectivity index (χ0v) is 10.8. The molecule has 0 saturated carbocycles. The predicted molar refractivity (Wildman–Crippen MR) is 63.9 cm³/mol. The Balaban J connectivity index is 2.76. The largest absolute Gasteiger partial charge is 0.417 e. The fourth-order valence-corrected chi connectivity index (χ4v) is 1.75. The van der Waals surface area contributed by atoms with Crippen LogP contribution in [0.2, 0.25) is 0 Å². The Morgan fingerprint density at radius 1 is 1.41 bits per heavy atom. The summed E-state index contributed by atoms with van der Waals surface area (Å²) in [6.07, 6.45) is -4.36. The Morgan fingerprint density at radius 2 is 2.06 bits per heavy atom. The van der Waals surface area contributed by atoms with Crippen molar-refractivity contribution in [3.63, 3.8) is 0 Å². The molecule has 0 aromatic heterocycles. The Kier molecular flexibility index (Phi) is 4.82. The van der Waals surface area contributed by atoms with Gasteiger partial charge in [-0.15, -0.1) is 0 Å². The summed E-state index contributed by atoms with van der Waals surface area (Å²) in [5, 5.41) is 11.9. The summed E-state index contributed by atoms with van der Waals surface area (Å²) in [5.41, 5.74) is -0.319. The van der Waals surface area contributed by atoms with Crippen LogP contribution in [-0.4, -0.2) is 17.8 Å². The van der Waals surface area contributed by atoms with Gasteiger partial charge in [0.1, 0.15) is 0 Å². The molecule has 0 aliphatic rings. The summed E-state index contributed by atoms with van der Waals surface area (Å²) >= 11 is 2.87. The predicted octanol–water partition coefficient (Wildman–Crippen LogP) is 3.65. The lowest BCUT2D eigenvalue weighted by Gasteiger charge is -2.13. The zero-order valence-electron chi connectivity index (χ0n) is 9.18. The van der Waals surface area contributed by atoms with E-state index < -0.39 is 17.8 Å². The molecular weight excluding hydrogens is 299 g/mol. The highest BCUT2D eigenvalue weighted by Crippen LogP contribution is 2.36. The van der Waals surface area contributed by atoms with E-state index in [1.807, 2.05) is 0 Å². The van der Waals surface area contributed by atoms with Crippen LogP contribution in [0.15, 0.2) is 22.7 Å². The van der Waals surface area contributed by atoms with E-state index in [4.69, 9.17) is 5.11 Å². The van der Waals surface area contributed by atoms with Crippen molar-refractivity contribution in [3.05, 3.63) is 28.2 Å².